The molecule has 0 amide bonds. The average Bonchev–Trinajstić information content (AvgIpc) is 2.37. The van der Waals surface area contributed by atoms with E-state index >= 15 is 0 Å². The molecule has 0 aliphatic rings. The number of rotatable bonds is 2. The lowest BCUT2D eigenvalue weighted by Gasteiger charge is -1.95. The highest BCUT2D eigenvalue weighted by molar-refractivity contribution is 7.05. The lowest BCUT2D eigenvalue weighted by molar-refractivity contribution is 0.0854. The summed E-state index contributed by atoms with van der Waals surface area (Å²) >= 11 is 1.18. The maximum absolute atomic E-state index is 10.9. The molecular weight excluding hydrogens is 136 g/mol. The van der Waals surface area contributed by atoms with Crippen molar-refractivity contribution in [2.75, 3.05) is 0 Å². The van der Waals surface area contributed by atoms with Gasteiger partial charge in [0.1, 0.15) is 17.4 Å². The molecule has 1 aromatic rings. The van der Waals surface area contributed by atoms with Crippen LogP contribution < -0.4 is 0 Å². The van der Waals surface area contributed by atoms with Gasteiger partial charge in [-0.1, -0.05) is 6.92 Å². The normalized spacial score (nSPS) is 13.6. The summed E-state index contributed by atoms with van der Waals surface area (Å²) < 4.78 is 3.72. The summed E-state index contributed by atoms with van der Waals surface area (Å²) in [4.78, 5) is 3.78. The van der Waals surface area contributed by atoms with E-state index in [4.69, 9.17) is 0 Å². The van der Waals surface area contributed by atoms with Gasteiger partial charge in [-0.3, -0.25) is 0 Å². The zero-order valence-electron chi connectivity index (χ0n) is 5.07. The Kier molecular flexibility index (Phi) is 2.13. The van der Waals surface area contributed by atoms with E-state index in [1.165, 1.54) is 17.9 Å². The quantitative estimate of drug-likeness (QED) is 0.628. The first-order valence-electron chi connectivity index (χ1n) is 2.77. The molecule has 0 saturated carbocycles. The van der Waals surface area contributed by atoms with Crippen molar-refractivity contribution in [3.05, 3.63) is 11.3 Å². The Morgan fingerprint density at radius 1 is 1.89 bits per heavy atom. The topological polar surface area (TPSA) is 45.7 Å². The molecular formula is C5H7N2OS. The third kappa shape index (κ3) is 1.46. The van der Waals surface area contributed by atoms with Gasteiger partial charge in [-0.05, 0) is 18.0 Å². The van der Waals surface area contributed by atoms with Crippen molar-refractivity contribution in [2.24, 2.45) is 0 Å². The highest BCUT2D eigenvalue weighted by atomic mass is 32.1. The summed E-state index contributed by atoms with van der Waals surface area (Å²) in [6.07, 6.45) is 1.34. The van der Waals surface area contributed by atoms with Crippen LogP contribution in [0.1, 0.15) is 24.5 Å². The summed E-state index contributed by atoms with van der Waals surface area (Å²) in [5.41, 5.74) is 0. The maximum atomic E-state index is 10.9. The first kappa shape index (κ1) is 6.64. The van der Waals surface area contributed by atoms with Crippen LogP contribution >= 0.6 is 11.5 Å². The maximum Gasteiger partial charge on any atom is 0.146 e. The van der Waals surface area contributed by atoms with E-state index in [2.05, 4.69) is 9.36 Å². The third-order valence-electron chi connectivity index (χ3n) is 1.02. The van der Waals surface area contributed by atoms with Crippen LogP contribution in [0.4, 0.5) is 0 Å². The fraction of sp³-hybridized carbons (Fsp3) is 0.600. The first-order chi connectivity index (χ1) is 4.34. The molecule has 1 aromatic heterocycles. The van der Waals surface area contributed by atoms with Gasteiger partial charge < -0.3 is 0 Å². The molecule has 0 aromatic carbocycles. The van der Waals surface area contributed by atoms with Crippen molar-refractivity contribution in [3.63, 3.8) is 0 Å². The molecule has 1 unspecified atom stereocenters. The molecule has 0 spiro atoms. The number of aromatic nitrogens is 2. The predicted molar refractivity (Wildman–Crippen MR) is 33.6 cm³/mol. The van der Waals surface area contributed by atoms with Crippen molar-refractivity contribution in [2.45, 2.75) is 19.4 Å². The van der Waals surface area contributed by atoms with Crippen molar-refractivity contribution in [1.82, 2.24) is 9.36 Å². The zero-order chi connectivity index (χ0) is 6.69. The van der Waals surface area contributed by atoms with Crippen LogP contribution in [0.3, 0.4) is 0 Å². The van der Waals surface area contributed by atoms with Gasteiger partial charge in [-0.2, -0.15) is 4.37 Å². The van der Waals surface area contributed by atoms with Crippen LogP contribution in [0.5, 0.6) is 0 Å². The molecule has 0 saturated heterocycles. The molecule has 0 bridgehead atoms. The Balaban J connectivity index is 2.65. The van der Waals surface area contributed by atoms with E-state index in [0.717, 1.165) is 0 Å². The molecule has 0 aliphatic heterocycles. The Labute approximate surface area is 57.5 Å². The predicted octanol–water partition coefficient (Wildman–Crippen LogP) is 1.42. The summed E-state index contributed by atoms with van der Waals surface area (Å²) in [7, 11) is 0. The van der Waals surface area contributed by atoms with Gasteiger partial charge in [-0.25, -0.2) is 10.1 Å². The SMILES string of the molecule is CCC([O])c1ncns1. The minimum atomic E-state index is -0.669. The van der Waals surface area contributed by atoms with Crippen LogP contribution in [0.15, 0.2) is 6.33 Å². The Hall–Kier alpha value is -0.480. The second-order valence-corrected chi connectivity index (χ2v) is 2.49. The zero-order valence-corrected chi connectivity index (χ0v) is 5.89. The van der Waals surface area contributed by atoms with E-state index in [1.807, 2.05) is 6.92 Å². The van der Waals surface area contributed by atoms with Gasteiger partial charge in [0.15, 0.2) is 0 Å². The van der Waals surface area contributed by atoms with Gasteiger partial charge in [0.2, 0.25) is 0 Å². The van der Waals surface area contributed by atoms with Crippen LogP contribution in [0.2, 0.25) is 0 Å². The molecule has 0 N–H and O–H groups in total. The van der Waals surface area contributed by atoms with E-state index in [0.29, 0.717) is 11.4 Å². The van der Waals surface area contributed by atoms with Crippen molar-refractivity contribution in [3.8, 4) is 0 Å². The monoisotopic (exact) mass is 143 g/mol. The molecule has 0 fully saturated rings. The molecule has 1 radical (unpaired) electrons. The highest BCUT2D eigenvalue weighted by Crippen LogP contribution is 2.16. The van der Waals surface area contributed by atoms with E-state index in [-0.39, 0.29) is 0 Å². The number of hydrogen-bond donors (Lipinski definition) is 0. The van der Waals surface area contributed by atoms with Crippen LogP contribution in [0.25, 0.3) is 0 Å². The van der Waals surface area contributed by atoms with Gasteiger partial charge in [-0.15, -0.1) is 0 Å². The molecule has 4 heteroatoms. The fourth-order valence-corrected chi connectivity index (χ4v) is 1.08. The van der Waals surface area contributed by atoms with E-state index in [9.17, 15) is 5.11 Å². The first-order valence-corrected chi connectivity index (χ1v) is 3.54. The fourth-order valence-electron chi connectivity index (χ4n) is 0.498. The highest BCUT2D eigenvalue weighted by Gasteiger charge is 2.08. The van der Waals surface area contributed by atoms with Crippen LogP contribution in [-0.4, -0.2) is 9.36 Å². The van der Waals surface area contributed by atoms with E-state index < -0.39 is 6.10 Å². The van der Waals surface area contributed by atoms with Crippen LogP contribution in [-0.2, 0) is 5.11 Å². The summed E-state index contributed by atoms with van der Waals surface area (Å²) in [6, 6.07) is 0. The minimum Gasteiger partial charge on any atom is -0.225 e. The number of hydrogen-bond acceptors (Lipinski definition) is 3. The molecule has 9 heavy (non-hydrogen) atoms. The molecule has 49 valence electrons. The Morgan fingerprint density at radius 3 is 3.11 bits per heavy atom. The molecule has 1 atom stereocenters. The van der Waals surface area contributed by atoms with Crippen molar-refractivity contribution < 1.29 is 5.11 Å². The molecule has 3 nitrogen and oxygen atoms in total. The van der Waals surface area contributed by atoms with Crippen LogP contribution in [0, 0.1) is 0 Å². The van der Waals surface area contributed by atoms with Gasteiger partial charge >= 0.3 is 0 Å². The summed E-state index contributed by atoms with van der Waals surface area (Å²) in [6.45, 7) is 1.85. The number of nitrogens with zero attached hydrogens (tertiary/aromatic N) is 2. The summed E-state index contributed by atoms with van der Waals surface area (Å²) in [5.74, 6) is 0. The lowest BCUT2D eigenvalue weighted by atomic mass is 10.3. The van der Waals surface area contributed by atoms with Crippen molar-refractivity contribution >= 4 is 11.5 Å². The molecule has 1 rings (SSSR count). The Morgan fingerprint density at radius 2 is 2.67 bits per heavy atom. The lowest BCUT2D eigenvalue weighted by Crippen LogP contribution is -1.90. The Bertz CT molecular complexity index is 163. The standard InChI is InChI=1S/C5H7N2OS/c1-2-4(8)5-6-3-7-9-5/h3-4H,2H2,1H3. The minimum absolute atomic E-state index is 0.592. The van der Waals surface area contributed by atoms with Gasteiger partial charge in [0.25, 0.3) is 0 Å². The molecule has 0 aliphatic carbocycles. The molecule has 1 heterocycles. The van der Waals surface area contributed by atoms with E-state index in [1.54, 1.807) is 0 Å². The summed E-state index contributed by atoms with van der Waals surface area (Å²) in [5, 5.41) is 11.5. The largest absolute Gasteiger partial charge is 0.225 e. The second-order valence-electron chi connectivity index (χ2n) is 1.68. The smallest absolute Gasteiger partial charge is 0.146 e. The third-order valence-corrected chi connectivity index (χ3v) is 1.78. The second kappa shape index (κ2) is 2.89. The van der Waals surface area contributed by atoms with Gasteiger partial charge in [0.05, 0.1) is 0 Å². The van der Waals surface area contributed by atoms with Gasteiger partial charge in [0, 0.05) is 0 Å². The average molecular weight is 143 g/mol. The van der Waals surface area contributed by atoms with Crippen molar-refractivity contribution in [1.29, 1.82) is 0 Å².